The lowest BCUT2D eigenvalue weighted by Crippen LogP contribution is -2.56. The second-order valence-corrected chi connectivity index (χ2v) is 9.78. The van der Waals surface area contributed by atoms with Crippen molar-refractivity contribution in [2.45, 2.75) is 45.3 Å². The van der Waals surface area contributed by atoms with Crippen LogP contribution in [0.25, 0.3) is 10.9 Å². The van der Waals surface area contributed by atoms with Crippen molar-refractivity contribution in [3.05, 3.63) is 36.0 Å². The first kappa shape index (κ1) is 31.1. The van der Waals surface area contributed by atoms with Gasteiger partial charge in [-0.2, -0.15) is 0 Å². The number of piperazine rings is 1. The second kappa shape index (κ2) is 13.8. The Kier molecular flexibility index (Phi) is 10.5. The fourth-order valence-corrected chi connectivity index (χ4v) is 4.30. The van der Waals surface area contributed by atoms with Crippen LogP contribution in [0, 0.1) is 0 Å². The molecule has 1 unspecified atom stereocenters. The number of para-hydroxylation sites is 1. The van der Waals surface area contributed by atoms with Crippen LogP contribution >= 0.6 is 0 Å². The van der Waals surface area contributed by atoms with Gasteiger partial charge in [0.1, 0.15) is 17.5 Å². The van der Waals surface area contributed by atoms with Crippen molar-refractivity contribution in [1.82, 2.24) is 20.1 Å². The molecule has 1 atom stereocenters. The summed E-state index contributed by atoms with van der Waals surface area (Å²) < 4.78 is 20.5. The van der Waals surface area contributed by atoms with Gasteiger partial charge in [-0.15, -0.1) is 0 Å². The van der Waals surface area contributed by atoms with E-state index in [1.165, 1.54) is 43.9 Å². The van der Waals surface area contributed by atoms with Crippen molar-refractivity contribution in [2.24, 2.45) is 0 Å². The van der Waals surface area contributed by atoms with Gasteiger partial charge in [0.15, 0.2) is 5.60 Å². The van der Waals surface area contributed by atoms with Crippen LogP contribution in [-0.2, 0) is 28.6 Å². The molecule has 1 N–H and O–H groups in total. The predicted molar refractivity (Wildman–Crippen MR) is 146 cm³/mol. The molecule has 0 bridgehead atoms. The SMILES string of the molecule is CCOC(=O)N1CCN(C(=O)C(CCC(=O)OC)NC(=O)c2cc(OC(C)(C)C(=O)OC)c3ccccc3n2)CC1. The molecule has 1 aliphatic heterocycles. The van der Waals surface area contributed by atoms with Gasteiger partial charge >= 0.3 is 18.0 Å². The Labute approximate surface area is 238 Å². The number of benzene rings is 1. The fourth-order valence-electron chi connectivity index (χ4n) is 4.30. The monoisotopic (exact) mass is 572 g/mol. The van der Waals surface area contributed by atoms with E-state index in [0.717, 1.165) is 0 Å². The van der Waals surface area contributed by atoms with E-state index in [4.69, 9.17) is 18.9 Å². The lowest BCUT2D eigenvalue weighted by Gasteiger charge is -2.36. The number of fused-ring (bicyclic) bond motifs is 1. The Morgan fingerprint density at radius 3 is 2.29 bits per heavy atom. The number of pyridine rings is 1. The van der Waals surface area contributed by atoms with Gasteiger partial charge in [0.2, 0.25) is 5.91 Å². The standard InChI is InChI=1S/C28H36N4O9/c1-6-40-27(37)32-15-13-31(14-16-32)25(35)20(11-12-23(33)38-4)30-24(34)21-17-22(41-28(2,3)26(36)39-5)18-9-7-8-10-19(18)29-21/h7-10,17,20H,6,11-16H2,1-5H3,(H,30,34). The first-order valence-corrected chi connectivity index (χ1v) is 13.3. The summed E-state index contributed by atoms with van der Waals surface area (Å²) in [6.07, 6.45) is -0.573. The zero-order valence-electron chi connectivity index (χ0n) is 23.9. The molecule has 0 radical (unpaired) electrons. The van der Waals surface area contributed by atoms with Crippen molar-refractivity contribution in [2.75, 3.05) is 47.0 Å². The number of ether oxygens (including phenoxy) is 4. The van der Waals surface area contributed by atoms with Crippen LogP contribution in [0.15, 0.2) is 30.3 Å². The number of esters is 2. The van der Waals surface area contributed by atoms with E-state index < -0.39 is 41.5 Å². The normalized spacial score (nSPS) is 14.2. The number of rotatable bonds is 10. The Morgan fingerprint density at radius 2 is 1.66 bits per heavy atom. The highest BCUT2D eigenvalue weighted by Crippen LogP contribution is 2.29. The molecule has 0 spiro atoms. The Morgan fingerprint density at radius 1 is 1.00 bits per heavy atom. The molecule has 13 nitrogen and oxygen atoms in total. The first-order valence-electron chi connectivity index (χ1n) is 13.3. The van der Waals surface area contributed by atoms with Crippen LogP contribution in [0.1, 0.15) is 44.1 Å². The summed E-state index contributed by atoms with van der Waals surface area (Å²) in [5.41, 5.74) is -0.983. The van der Waals surface area contributed by atoms with E-state index in [1.807, 2.05) is 0 Å². The van der Waals surface area contributed by atoms with E-state index in [0.29, 0.717) is 10.9 Å². The second-order valence-electron chi connectivity index (χ2n) is 9.78. The van der Waals surface area contributed by atoms with Crippen molar-refractivity contribution < 1.29 is 42.9 Å². The molecule has 1 saturated heterocycles. The van der Waals surface area contributed by atoms with Gasteiger partial charge < -0.3 is 34.1 Å². The molecular formula is C28H36N4O9. The lowest BCUT2D eigenvalue weighted by molar-refractivity contribution is -0.156. The Balaban J connectivity index is 1.84. The van der Waals surface area contributed by atoms with Crippen LogP contribution in [0.3, 0.4) is 0 Å². The van der Waals surface area contributed by atoms with Crippen molar-refractivity contribution in [3.63, 3.8) is 0 Å². The van der Waals surface area contributed by atoms with Crippen molar-refractivity contribution in [1.29, 1.82) is 0 Å². The maximum absolute atomic E-state index is 13.5. The third-order valence-corrected chi connectivity index (χ3v) is 6.54. The van der Waals surface area contributed by atoms with E-state index in [2.05, 4.69) is 10.3 Å². The van der Waals surface area contributed by atoms with Crippen molar-refractivity contribution in [3.8, 4) is 5.75 Å². The summed E-state index contributed by atoms with van der Waals surface area (Å²) in [6.45, 7) is 6.04. The number of carbonyl (C=O) groups is 5. The van der Waals surface area contributed by atoms with E-state index >= 15 is 0 Å². The smallest absolute Gasteiger partial charge is 0.409 e. The third-order valence-electron chi connectivity index (χ3n) is 6.54. The van der Waals surface area contributed by atoms with Gasteiger partial charge in [-0.1, -0.05) is 12.1 Å². The van der Waals surface area contributed by atoms with Gasteiger partial charge in [-0.3, -0.25) is 14.4 Å². The molecule has 3 amide bonds. The topological polar surface area (TPSA) is 154 Å². The van der Waals surface area contributed by atoms with Gasteiger partial charge in [0.25, 0.3) is 5.91 Å². The largest absolute Gasteiger partial charge is 0.475 e. The number of aromatic nitrogens is 1. The molecule has 0 aliphatic carbocycles. The average Bonchev–Trinajstić information content (AvgIpc) is 2.97. The zero-order valence-corrected chi connectivity index (χ0v) is 23.9. The number of carbonyl (C=O) groups excluding carboxylic acids is 5. The van der Waals surface area contributed by atoms with E-state index in [9.17, 15) is 24.0 Å². The minimum Gasteiger partial charge on any atom is -0.475 e. The lowest BCUT2D eigenvalue weighted by atomic mass is 10.1. The summed E-state index contributed by atoms with van der Waals surface area (Å²) in [4.78, 5) is 70.5. The highest BCUT2D eigenvalue weighted by molar-refractivity contribution is 5.99. The van der Waals surface area contributed by atoms with Gasteiger partial charge in [0.05, 0.1) is 26.3 Å². The Hall–Kier alpha value is -4.42. The molecule has 1 aromatic carbocycles. The van der Waals surface area contributed by atoms with Crippen LogP contribution in [0.2, 0.25) is 0 Å². The third kappa shape index (κ3) is 7.83. The summed E-state index contributed by atoms with van der Waals surface area (Å²) >= 11 is 0. The molecule has 1 fully saturated rings. The number of hydrogen-bond acceptors (Lipinski definition) is 10. The zero-order chi connectivity index (χ0) is 30.2. The van der Waals surface area contributed by atoms with E-state index in [1.54, 1.807) is 31.2 Å². The maximum Gasteiger partial charge on any atom is 0.409 e. The minimum atomic E-state index is -1.36. The molecule has 2 aromatic rings. The molecule has 1 aliphatic rings. The molecular weight excluding hydrogens is 536 g/mol. The molecule has 13 heteroatoms. The minimum absolute atomic E-state index is 0.0123. The van der Waals surface area contributed by atoms with Crippen LogP contribution in [-0.4, -0.2) is 103 Å². The van der Waals surface area contributed by atoms with Gasteiger partial charge in [0, 0.05) is 44.1 Å². The molecule has 3 rings (SSSR count). The van der Waals surface area contributed by atoms with Crippen molar-refractivity contribution >= 4 is 40.7 Å². The predicted octanol–water partition coefficient (Wildman–Crippen LogP) is 1.92. The van der Waals surface area contributed by atoms with Gasteiger partial charge in [-0.25, -0.2) is 14.6 Å². The number of amides is 3. The number of nitrogens with one attached hydrogen (secondary N) is 1. The highest BCUT2D eigenvalue weighted by Gasteiger charge is 2.34. The van der Waals surface area contributed by atoms with Crippen LogP contribution < -0.4 is 10.1 Å². The highest BCUT2D eigenvalue weighted by atomic mass is 16.6. The molecule has 2 heterocycles. The summed E-state index contributed by atoms with van der Waals surface area (Å²) in [6, 6.07) is 7.26. The number of methoxy groups -OCH3 is 2. The first-order chi connectivity index (χ1) is 19.5. The summed E-state index contributed by atoms with van der Waals surface area (Å²) in [5, 5.41) is 3.27. The maximum atomic E-state index is 13.5. The van der Waals surface area contributed by atoms with Crippen LogP contribution in [0.5, 0.6) is 5.75 Å². The number of nitrogens with zero attached hydrogens (tertiary/aromatic N) is 3. The fraction of sp³-hybridized carbons (Fsp3) is 0.500. The Bertz CT molecular complexity index is 1290. The quantitative estimate of drug-likeness (QED) is 0.330. The molecule has 1 aromatic heterocycles. The number of hydrogen-bond donors (Lipinski definition) is 1. The molecule has 0 saturated carbocycles. The molecule has 222 valence electrons. The van der Waals surface area contributed by atoms with Crippen LogP contribution in [0.4, 0.5) is 4.79 Å². The molecule has 41 heavy (non-hydrogen) atoms. The van der Waals surface area contributed by atoms with E-state index in [-0.39, 0.29) is 57.1 Å². The summed E-state index contributed by atoms with van der Waals surface area (Å²) in [7, 11) is 2.49. The average molecular weight is 573 g/mol. The van der Waals surface area contributed by atoms with Gasteiger partial charge in [-0.05, 0) is 39.3 Å². The summed E-state index contributed by atoms with van der Waals surface area (Å²) in [5.74, 6) is -2.00.